The van der Waals surface area contributed by atoms with E-state index >= 15 is 0 Å². The summed E-state index contributed by atoms with van der Waals surface area (Å²) in [6.07, 6.45) is 2.64. The summed E-state index contributed by atoms with van der Waals surface area (Å²) in [5.74, 6) is -2.06. The molecule has 0 aliphatic heterocycles. The molecule has 2 unspecified atom stereocenters. The molecular weight excluding hydrogens is 268 g/mol. The Morgan fingerprint density at radius 1 is 1.20 bits per heavy atom. The molecule has 0 saturated heterocycles. The van der Waals surface area contributed by atoms with Crippen LogP contribution in [0, 0.1) is 20.2 Å². The van der Waals surface area contributed by atoms with Crippen molar-refractivity contribution in [1.82, 2.24) is 0 Å². The summed E-state index contributed by atoms with van der Waals surface area (Å²) in [7, 11) is 0. The van der Waals surface area contributed by atoms with E-state index in [1.165, 1.54) is 12.1 Å². The Bertz CT molecular complexity index is 597. The zero-order chi connectivity index (χ0) is 14.8. The van der Waals surface area contributed by atoms with Gasteiger partial charge in [-0.2, -0.15) is 0 Å². The third-order valence-corrected chi connectivity index (χ3v) is 2.71. The first-order valence-electron chi connectivity index (χ1n) is 5.58. The number of benzene rings is 1. The number of allylic oxidation sites excluding steroid dienone is 1. The van der Waals surface area contributed by atoms with Crippen LogP contribution in [-0.2, 0) is 0 Å². The van der Waals surface area contributed by atoms with E-state index in [1.54, 1.807) is 18.2 Å². The normalized spacial score (nSPS) is 24.9. The lowest BCUT2D eigenvalue weighted by Gasteiger charge is -2.28. The fourth-order valence-corrected chi connectivity index (χ4v) is 1.75. The van der Waals surface area contributed by atoms with Gasteiger partial charge in [0.25, 0.3) is 5.70 Å². The van der Waals surface area contributed by atoms with Gasteiger partial charge in [0.15, 0.2) is 0 Å². The molecule has 0 bridgehead atoms. The van der Waals surface area contributed by atoms with Crippen LogP contribution < -0.4 is 4.74 Å². The molecule has 1 aromatic rings. The molecule has 2 rings (SSSR count). The summed E-state index contributed by atoms with van der Waals surface area (Å²) in [6.45, 7) is 0. The molecule has 0 amide bonds. The van der Waals surface area contributed by atoms with E-state index in [9.17, 15) is 25.3 Å². The van der Waals surface area contributed by atoms with Crippen molar-refractivity contribution in [2.24, 2.45) is 0 Å². The number of para-hydroxylation sites is 1. The van der Waals surface area contributed by atoms with Gasteiger partial charge < -0.3 is 9.84 Å². The Labute approximate surface area is 112 Å². The second kappa shape index (κ2) is 5.10. The molecule has 8 nitrogen and oxygen atoms in total. The quantitative estimate of drug-likeness (QED) is 0.501. The molecule has 2 atom stereocenters. The number of nitro groups is 2. The maximum absolute atomic E-state index is 11.0. The minimum absolute atomic E-state index is 0.212. The Kier molecular flexibility index (Phi) is 3.49. The number of hydrogen-bond donors (Lipinski definition) is 1. The molecule has 1 aliphatic rings. The van der Waals surface area contributed by atoms with Crippen LogP contribution in [0.3, 0.4) is 0 Å². The van der Waals surface area contributed by atoms with Crippen LogP contribution in [0.1, 0.15) is 0 Å². The van der Waals surface area contributed by atoms with Crippen molar-refractivity contribution in [1.29, 1.82) is 0 Å². The second-order valence-corrected chi connectivity index (χ2v) is 4.08. The lowest BCUT2D eigenvalue weighted by Crippen LogP contribution is -2.50. The molecule has 20 heavy (non-hydrogen) atoms. The van der Waals surface area contributed by atoms with Gasteiger partial charge in [-0.15, -0.1) is 0 Å². The number of ether oxygens (including phenoxy) is 1. The molecule has 1 aromatic carbocycles. The summed E-state index contributed by atoms with van der Waals surface area (Å²) >= 11 is 0. The van der Waals surface area contributed by atoms with Crippen molar-refractivity contribution < 1.29 is 19.7 Å². The van der Waals surface area contributed by atoms with Crippen LogP contribution in [0.2, 0.25) is 0 Å². The molecule has 0 saturated carbocycles. The average Bonchev–Trinajstić information content (AvgIpc) is 2.39. The molecule has 0 aromatic heterocycles. The Morgan fingerprint density at radius 3 is 2.40 bits per heavy atom. The van der Waals surface area contributed by atoms with Gasteiger partial charge in [0.2, 0.25) is 0 Å². The minimum atomic E-state index is -2.27. The van der Waals surface area contributed by atoms with Crippen LogP contribution in [0.4, 0.5) is 0 Å². The first-order chi connectivity index (χ1) is 9.42. The van der Waals surface area contributed by atoms with Gasteiger partial charge >= 0.3 is 11.8 Å². The van der Waals surface area contributed by atoms with E-state index in [4.69, 9.17) is 4.74 Å². The van der Waals surface area contributed by atoms with Gasteiger partial charge in [-0.3, -0.25) is 20.2 Å². The van der Waals surface area contributed by atoms with Gasteiger partial charge in [0, 0.05) is 17.1 Å². The van der Waals surface area contributed by atoms with Gasteiger partial charge in [0.05, 0.1) is 11.0 Å². The number of aliphatic hydroxyl groups is 1. The van der Waals surface area contributed by atoms with Crippen LogP contribution in [-0.4, -0.2) is 26.8 Å². The van der Waals surface area contributed by atoms with E-state index in [1.807, 2.05) is 0 Å². The zero-order valence-electron chi connectivity index (χ0n) is 10.1. The van der Waals surface area contributed by atoms with Crippen molar-refractivity contribution in [3.63, 3.8) is 0 Å². The van der Waals surface area contributed by atoms with E-state index in [0.717, 1.165) is 18.2 Å². The summed E-state index contributed by atoms with van der Waals surface area (Å²) in [5, 5.41) is 31.9. The van der Waals surface area contributed by atoms with Crippen molar-refractivity contribution >= 4 is 0 Å². The van der Waals surface area contributed by atoms with Gasteiger partial charge in [0.1, 0.15) is 5.75 Å². The predicted octanol–water partition coefficient (Wildman–Crippen LogP) is 1.13. The van der Waals surface area contributed by atoms with Crippen molar-refractivity contribution in [3.05, 3.63) is 74.5 Å². The summed E-state index contributed by atoms with van der Waals surface area (Å²) in [5.41, 5.74) is -0.465. The monoisotopic (exact) mass is 278 g/mol. The summed E-state index contributed by atoms with van der Waals surface area (Å²) in [6, 6.07) is 6.22. The van der Waals surface area contributed by atoms with Crippen molar-refractivity contribution in [2.45, 2.75) is 11.8 Å². The van der Waals surface area contributed by atoms with E-state index in [2.05, 4.69) is 0 Å². The van der Waals surface area contributed by atoms with Gasteiger partial charge in [-0.25, -0.2) is 0 Å². The third-order valence-electron chi connectivity index (χ3n) is 2.71. The fraction of sp³-hybridized carbons (Fsp3) is 0.167. The molecule has 0 fully saturated rings. The molecule has 1 N–H and O–H groups in total. The molecule has 104 valence electrons. The second-order valence-electron chi connectivity index (χ2n) is 4.08. The average molecular weight is 278 g/mol. The third kappa shape index (κ3) is 2.64. The minimum Gasteiger partial charge on any atom is -0.452 e. The standard InChI is InChI=1S/C12H10N2O6/c15-12(20-10-4-2-1-3-5-10)7-6-9(13(16)17)8-11(12)14(18)19/h1-8,11,15H. The van der Waals surface area contributed by atoms with Crippen LogP contribution >= 0.6 is 0 Å². The Morgan fingerprint density at radius 2 is 1.85 bits per heavy atom. The van der Waals surface area contributed by atoms with Crippen molar-refractivity contribution in [2.75, 3.05) is 0 Å². The zero-order valence-corrected chi connectivity index (χ0v) is 10.1. The molecule has 1 aliphatic carbocycles. The van der Waals surface area contributed by atoms with E-state index in [-0.39, 0.29) is 5.75 Å². The highest BCUT2D eigenvalue weighted by molar-refractivity contribution is 5.28. The predicted molar refractivity (Wildman–Crippen MR) is 67.0 cm³/mol. The van der Waals surface area contributed by atoms with Gasteiger partial charge in [-0.1, -0.05) is 18.2 Å². The maximum Gasteiger partial charge on any atom is 0.306 e. The Balaban J connectivity index is 2.33. The fourth-order valence-electron chi connectivity index (χ4n) is 1.75. The molecule has 0 spiro atoms. The number of nitrogens with zero attached hydrogens (tertiary/aromatic N) is 2. The number of hydrogen-bond acceptors (Lipinski definition) is 6. The van der Waals surface area contributed by atoms with E-state index in [0.29, 0.717) is 0 Å². The highest BCUT2D eigenvalue weighted by Crippen LogP contribution is 2.27. The number of rotatable bonds is 4. The summed E-state index contributed by atoms with van der Waals surface area (Å²) in [4.78, 5) is 20.0. The first kappa shape index (κ1) is 13.7. The van der Waals surface area contributed by atoms with Crippen LogP contribution in [0.25, 0.3) is 0 Å². The first-order valence-corrected chi connectivity index (χ1v) is 5.58. The smallest absolute Gasteiger partial charge is 0.306 e. The molecule has 8 heteroatoms. The summed E-state index contributed by atoms with van der Waals surface area (Å²) < 4.78 is 5.20. The Hall–Kier alpha value is -2.74. The highest BCUT2D eigenvalue weighted by Gasteiger charge is 2.48. The lowest BCUT2D eigenvalue weighted by atomic mass is 10.0. The largest absolute Gasteiger partial charge is 0.452 e. The highest BCUT2D eigenvalue weighted by atomic mass is 16.7. The topological polar surface area (TPSA) is 116 Å². The SMILES string of the molecule is O=[N+]([O-])C1=CC([N+](=O)[O-])C(O)(Oc2ccccc2)C=C1. The van der Waals surface area contributed by atoms with E-state index < -0.39 is 27.4 Å². The molecular formula is C12H10N2O6. The van der Waals surface area contributed by atoms with Gasteiger partial charge in [-0.05, 0) is 12.1 Å². The maximum atomic E-state index is 11.0. The lowest BCUT2D eigenvalue weighted by molar-refractivity contribution is -0.543. The molecule has 0 radical (unpaired) electrons. The molecule has 0 heterocycles. The van der Waals surface area contributed by atoms with Crippen LogP contribution in [0.5, 0.6) is 5.75 Å². The van der Waals surface area contributed by atoms with Crippen LogP contribution in [0.15, 0.2) is 54.3 Å². The van der Waals surface area contributed by atoms with Crippen molar-refractivity contribution in [3.8, 4) is 5.75 Å².